The number of rotatable bonds is 2. The summed E-state index contributed by atoms with van der Waals surface area (Å²) >= 11 is 0. The van der Waals surface area contributed by atoms with Crippen molar-refractivity contribution < 1.29 is 0 Å². The van der Waals surface area contributed by atoms with Crippen molar-refractivity contribution in [2.75, 3.05) is 0 Å². The molecule has 0 N–H and O–H groups in total. The highest BCUT2D eigenvalue weighted by molar-refractivity contribution is 5.03. The van der Waals surface area contributed by atoms with E-state index in [0.29, 0.717) is 10.8 Å². The molecule has 5 atom stereocenters. The summed E-state index contributed by atoms with van der Waals surface area (Å²) < 4.78 is 0. The van der Waals surface area contributed by atoms with Crippen LogP contribution in [-0.4, -0.2) is 0 Å². The first-order valence-electron chi connectivity index (χ1n) is 10.6. The first-order chi connectivity index (χ1) is 10.6. The molecule has 0 spiro atoms. The normalized spacial score (nSPS) is 47.7. The Balaban J connectivity index is 1.53. The summed E-state index contributed by atoms with van der Waals surface area (Å²) in [6, 6.07) is 0. The summed E-state index contributed by atoms with van der Waals surface area (Å²) in [5, 5.41) is 0. The van der Waals surface area contributed by atoms with Crippen LogP contribution in [0.3, 0.4) is 0 Å². The molecule has 0 saturated heterocycles. The van der Waals surface area contributed by atoms with Gasteiger partial charge in [-0.15, -0.1) is 0 Å². The molecule has 0 bridgehead atoms. The highest BCUT2D eigenvalue weighted by Gasteiger charge is 2.53. The van der Waals surface area contributed by atoms with Crippen LogP contribution in [0.25, 0.3) is 0 Å². The maximum Gasteiger partial charge on any atom is -0.0290 e. The lowest BCUT2D eigenvalue weighted by molar-refractivity contribution is 0.00385. The van der Waals surface area contributed by atoms with Crippen molar-refractivity contribution in [2.45, 2.75) is 104 Å². The molecular weight excluding hydrogens is 264 g/mol. The first-order valence-corrected chi connectivity index (χ1v) is 10.6. The third-order valence-electron chi connectivity index (χ3n) is 8.66. The monoisotopic (exact) mass is 302 g/mol. The highest BCUT2D eigenvalue weighted by Crippen LogP contribution is 2.63. The highest BCUT2D eigenvalue weighted by atomic mass is 14.6. The van der Waals surface area contributed by atoms with E-state index in [1.165, 1.54) is 44.9 Å². The van der Waals surface area contributed by atoms with E-state index in [2.05, 4.69) is 13.8 Å². The van der Waals surface area contributed by atoms with Crippen molar-refractivity contribution in [2.24, 2.45) is 34.5 Å². The van der Waals surface area contributed by atoms with Crippen LogP contribution in [0.15, 0.2) is 0 Å². The molecule has 0 nitrogen and oxygen atoms in total. The molecule has 4 saturated carbocycles. The lowest BCUT2D eigenvalue weighted by atomic mass is 9.55. The molecule has 0 heterocycles. The summed E-state index contributed by atoms with van der Waals surface area (Å²) in [7, 11) is 0. The Kier molecular flexibility index (Phi) is 4.10. The van der Waals surface area contributed by atoms with Gasteiger partial charge in [0.05, 0.1) is 0 Å². The van der Waals surface area contributed by atoms with Crippen LogP contribution in [0.4, 0.5) is 0 Å². The molecule has 0 aromatic rings. The Morgan fingerprint density at radius 2 is 1.45 bits per heavy atom. The fraction of sp³-hybridized carbons (Fsp3) is 1.00. The van der Waals surface area contributed by atoms with Gasteiger partial charge in [-0.05, 0) is 79.4 Å². The third-order valence-corrected chi connectivity index (χ3v) is 8.66. The van der Waals surface area contributed by atoms with Crippen molar-refractivity contribution in [1.82, 2.24) is 0 Å². The van der Waals surface area contributed by atoms with E-state index >= 15 is 0 Å². The van der Waals surface area contributed by atoms with E-state index < -0.39 is 0 Å². The van der Waals surface area contributed by atoms with Gasteiger partial charge in [0, 0.05) is 0 Å². The Labute approximate surface area is 138 Å². The molecular formula is C22H38. The molecule has 0 heteroatoms. The summed E-state index contributed by atoms with van der Waals surface area (Å²) in [6.07, 6.45) is 21.6. The first kappa shape index (κ1) is 15.5. The van der Waals surface area contributed by atoms with Crippen LogP contribution < -0.4 is 0 Å². The average Bonchev–Trinajstić information content (AvgIpc) is 2.88. The second kappa shape index (κ2) is 5.82. The van der Waals surface area contributed by atoms with E-state index in [1.54, 1.807) is 44.9 Å². The topological polar surface area (TPSA) is 0 Å². The lowest BCUT2D eigenvalue weighted by Gasteiger charge is -2.50. The van der Waals surface area contributed by atoms with Crippen LogP contribution >= 0.6 is 0 Å². The molecule has 4 aliphatic carbocycles. The van der Waals surface area contributed by atoms with Crippen LogP contribution in [0, 0.1) is 34.5 Å². The molecule has 0 amide bonds. The summed E-state index contributed by atoms with van der Waals surface area (Å²) in [5.74, 6) is 4.47. The zero-order valence-corrected chi connectivity index (χ0v) is 15.2. The second-order valence-electron chi connectivity index (χ2n) is 10.3. The molecule has 5 unspecified atom stereocenters. The maximum absolute atomic E-state index is 2.72. The van der Waals surface area contributed by atoms with E-state index in [-0.39, 0.29) is 0 Å². The third kappa shape index (κ3) is 2.67. The van der Waals surface area contributed by atoms with Crippen LogP contribution in [0.1, 0.15) is 104 Å². The largest absolute Gasteiger partial charge is 0.0596 e. The molecule has 4 fully saturated rings. The minimum atomic E-state index is 0.683. The molecule has 0 aliphatic heterocycles. The minimum Gasteiger partial charge on any atom is -0.0596 e. The van der Waals surface area contributed by atoms with Gasteiger partial charge >= 0.3 is 0 Å². The van der Waals surface area contributed by atoms with Gasteiger partial charge in [-0.2, -0.15) is 0 Å². The average molecular weight is 303 g/mol. The van der Waals surface area contributed by atoms with Gasteiger partial charge < -0.3 is 0 Å². The second-order valence-corrected chi connectivity index (χ2v) is 10.3. The van der Waals surface area contributed by atoms with Gasteiger partial charge in [-0.3, -0.25) is 0 Å². The predicted octanol–water partition coefficient (Wildman–Crippen LogP) is 6.98. The number of fused-ring (bicyclic) bond motifs is 3. The molecule has 4 aliphatic rings. The van der Waals surface area contributed by atoms with E-state index in [1.807, 2.05) is 0 Å². The van der Waals surface area contributed by atoms with Crippen LogP contribution in [0.5, 0.6) is 0 Å². The lowest BCUT2D eigenvalue weighted by Crippen LogP contribution is -2.40. The SMILES string of the molecule is CC1(CC2(C)CCCC3C4CCCCC4CC32)CCCCC1. The van der Waals surface area contributed by atoms with Crippen molar-refractivity contribution >= 4 is 0 Å². The molecule has 22 heavy (non-hydrogen) atoms. The standard InChI is InChI=1S/C22H38/c1-21(12-6-3-7-13-21)16-22(2)14-8-11-19-18-10-5-4-9-17(18)15-20(19)22/h17-20H,3-16H2,1-2H3. The van der Waals surface area contributed by atoms with Crippen molar-refractivity contribution in [1.29, 1.82) is 0 Å². The smallest absolute Gasteiger partial charge is 0.0290 e. The van der Waals surface area contributed by atoms with Gasteiger partial charge in [0.25, 0.3) is 0 Å². The molecule has 0 aromatic heterocycles. The zero-order valence-electron chi connectivity index (χ0n) is 15.2. The fourth-order valence-electron chi connectivity index (χ4n) is 7.81. The molecule has 0 radical (unpaired) electrons. The van der Waals surface area contributed by atoms with Gasteiger partial charge in [-0.25, -0.2) is 0 Å². The van der Waals surface area contributed by atoms with Crippen molar-refractivity contribution in [3.63, 3.8) is 0 Å². The quantitative estimate of drug-likeness (QED) is 0.516. The molecule has 4 rings (SSSR count). The Bertz CT molecular complexity index is 391. The minimum absolute atomic E-state index is 0.683. The summed E-state index contributed by atoms with van der Waals surface area (Å²) in [5.41, 5.74) is 1.37. The van der Waals surface area contributed by atoms with Crippen LogP contribution in [-0.2, 0) is 0 Å². The van der Waals surface area contributed by atoms with Gasteiger partial charge in [0.1, 0.15) is 0 Å². The Morgan fingerprint density at radius 1 is 0.727 bits per heavy atom. The molecule has 0 aromatic carbocycles. The fourth-order valence-corrected chi connectivity index (χ4v) is 7.81. The van der Waals surface area contributed by atoms with Crippen LogP contribution in [0.2, 0.25) is 0 Å². The summed E-state index contributed by atoms with van der Waals surface area (Å²) in [4.78, 5) is 0. The maximum atomic E-state index is 2.72. The Morgan fingerprint density at radius 3 is 2.27 bits per heavy atom. The summed E-state index contributed by atoms with van der Waals surface area (Å²) in [6.45, 7) is 5.37. The Hall–Kier alpha value is 0. The number of hydrogen-bond acceptors (Lipinski definition) is 0. The van der Waals surface area contributed by atoms with E-state index in [4.69, 9.17) is 0 Å². The van der Waals surface area contributed by atoms with Crippen molar-refractivity contribution in [3.8, 4) is 0 Å². The van der Waals surface area contributed by atoms with E-state index in [0.717, 1.165) is 23.7 Å². The van der Waals surface area contributed by atoms with Gasteiger partial charge in [0.15, 0.2) is 0 Å². The number of hydrogen-bond donors (Lipinski definition) is 0. The predicted molar refractivity (Wildman–Crippen MR) is 94.8 cm³/mol. The zero-order chi connectivity index (χ0) is 15.2. The van der Waals surface area contributed by atoms with Gasteiger partial charge in [-0.1, -0.05) is 58.8 Å². The van der Waals surface area contributed by atoms with Gasteiger partial charge in [0.2, 0.25) is 0 Å². The molecule has 126 valence electrons. The van der Waals surface area contributed by atoms with E-state index in [9.17, 15) is 0 Å². The van der Waals surface area contributed by atoms with Crippen molar-refractivity contribution in [3.05, 3.63) is 0 Å².